The number of methoxy groups -OCH3 is 1. The minimum Gasteiger partial charge on any atom is -0.374 e. The van der Waals surface area contributed by atoms with Crippen molar-refractivity contribution in [3.8, 4) is 0 Å². The standard InChI is InChI=1S/C14H18F3N5O2/c1-9(24-2)11-18-8-10-12(23)21-7-6-20(13(21)19-22(10)11)5-3-4-14(15,16)17/h8-9H,3-7H2,1-2H3/t9-/m1/s1. The van der Waals surface area contributed by atoms with E-state index in [1.165, 1.54) is 22.4 Å². The number of aromatic nitrogens is 4. The zero-order valence-electron chi connectivity index (χ0n) is 13.4. The first-order chi connectivity index (χ1) is 11.3. The van der Waals surface area contributed by atoms with Gasteiger partial charge in [-0.3, -0.25) is 9.36 Å². The van der Waals surface area contributed by atoms with Gasteiger partial charge in [0.05, 0.1) is 6.20 Å². The summed E-state index contributed by atoms with van der Waals surface area (Å²) in [6, 6.07) is 0. The molecular weight excluding hydrogens is 327 g/mol. The number of anilines is 1. The highest BCUT2D eigenvalue weighted by molar-refractivity contribution is 5.47. The number of halogens is 3. The van der Waals surface area contributed by atoms with Gasteiger partial charge >= 0.3 is 6.18 Å². The summed E-state index contributed by atoms with van der Waals surface area (Å²) in [5.41, 5.74) is 0.0789. The molecule has 0 spiro atoms. The van der Waals surface area contributed by atoms with Crippen molar-refractivity contribution in [3.63, 3.8) is 0 Å². The molecule has 1 atom stereocenters. The first-order valence-corrected chi connectivity index (χ1v) is 7.65. The lowest BCUT2D eigenvalue weighted by atomic mass is 10.3. The largest absolute Gasteiger partial charge is 0.389 e. The average molecular weight is 345 g/mol. The Kier molecular flexibility index (Phi) is 4.24. The van der Waals surface area contributed by atoms with Gasteiger partial charge in [0.25, 0.3) is 5.56 Å². The molecule has 1 aliphatic heterocycles. The lowest BCUT2D eigenvalue weighted by molar-refractivity contribution is -0.135. The second-order valence-corrected chi connectivity index (χ2v) is 5.75. The van der Waals surface area contributed by atoms with Crippen molar-refractivity contribution in [2.24, 2.45) is 0 Å². The number of hydrogen-bond donors (Lipinski definition) is 0. The Bertz CT molecular complexity index is 798. The van der Waals surface area contributed by atoms with Crippen molar-refractivity contribution in [3.05, 3.63) is 22.4 Å². The molecule has 0 aliphatic carbocycles. The first-order valence-electron chi connectivity index (χ1n) is 7.65. The summed E-state index contributed by atoms with van der Waals surface area (Å²) >= 11 is 0. The SMILES string of the molecule is CO[C@H](C)c1ncc2c(=O)n3c(nn12)N(CCCC(F)(F)F)CC3. The molecule has 0 unspecified atom stereocenters. The molecule has 0 bridgehead atoms. The van der Waals surface area contributed by atoms with E-state index in [4.69, 9.17) is 4.74 Å². The van der Waals surface area contributed by atoms with Gasteiger partial charge in [-0.05, 0) is 13.3 Å². The second kappa shape index (κ2) is 6.08. The van der Waals surface area contributed by atoms with Crippen molar-refractivity contribution in [2.45, 2.75) is 38.6 Å². The van der Waals surface area contributed by atoms with Gasteiger partial charge < -0.3 is 9.64 Å². The highest BCUT2D eigenvalue weighted by atomic mass is 19.4. The zero-order valence-corrected chi connectivity index (χ0v) is 13.4. The first kappa shape index (κ1) is 16.7. The summed E-state index contributed by atoms with van der Waals surface area (Å²) in [7, 11) is 1.52. The molecule has 24 heavy (non-hydrogen) atoms. The van der Waals surface area contributed by atoms with Gasteiger partial charge in [0.15, 0.2) is 11.3 Å². The van der Waals surface area contributed by atoms with Crippen LogP contribution in [-0.2, 0) is 11.3 Å². The Morgan fingerprint density at radius 1 is 1.38 bits per heavy atom. The van der Waals surface area contributed by atoms with Gasteiger partial charge in [-0.25, -0.2) is 9.50 Å². The Morgan fingerprint density at radius 2 is 2.12 bits per heavy atom. The van der Waals surface area contributed by atoms with E-state index in [1.54, 1.807) is 11.8 Å². The van der Waals surface area contributed by atoms with E-state index in [0.29, 0.717) is 30.4 Å². The molecule has 0 saturated carbocycles. The summed E-state index contributed by atoms with van der Waals surface area (Å²) in [4.78, 5) is 18.4. The van der Waals surface area contributed by atoms with Crippen LogP contribution in [0.25, 0.3) is 5.52 Å². The van der Waals surface area contributed by atoms with Crippen molar-refractivity contribution < 1.29 is 17.9 Å². The molecule has 0 saturated heterocycles. The van der Waals surface area contributed by atoms with Gasteiger partial charge in [0.2, 0.25) is 5.95 Å². The molecule has 2 aromatic rings. The number of nitrogens with zero attached hydrogens (tertiary/aromatic N) is 5. The van der Waals surface area contributed by atoms with Gasteiger partial charge in [0, 0.05) is 33.2 Å². The van der Waals surface area contributed by atoms with Crippen molar-refractivity contribution >= 4 is 11.5 Å². The summed E-state index contributed by atoms with van der Waals surface area (Å²) in [6.45, 7) is 2.85. The van der Waals surface area contributed by atoms with E-state index in [1.807, 2.05) is 0 Å². The normalized spacial score (nSPS) is 16.0. The predicted octanol–water partition coefficient (Wildman–Crippen LogP) is 1.76. The summed E-state index contributed by atoms with van der Waals surface area (Å²) in [6.07, 6.45) is -3.99. The maximum absolute atomic E-state index is 12.5. The van der Waals surface area contributed by atoms with Crippen molar-refractivity contribution in [1.29, 1.82) is 0 Å². The molecule has 0 amide bonds. The predicted molar refractivity (Wildman–Crippen MR) is 80.2 cm³/mol. The van der Waals surface area contributed by atoms with E-state index in [-0.39, 0.29) is 24.6 Å². The van der Waals surface area contributed by atoms with E-state index in [0.717, 1.165) is 0 Å². The maximum atomic E-state index is 12.5. The molecule has 0 fully saturated rings. The second-order valence-electron chi connectivity index (χ2n) is 5.75. The number of hydrogen-bond acceptors (Lipinski definition) is 5. The molecular formula is C14H18F3N5O2. The van der Waals surface area contributed by atoms with Crippen LogP contribution in [-0.4, -0.2) is 45.5 Å². The Balaban J connectivity index is 1.92. The lowest BCUT2D eigenvalue weighted by Crippen LogP contribution is -2.27. The molecule has 1 aliphatic rings. The van der Waals surface area contributed by atoms with E-state index in [9.17, 15) is 18.0 Å². The fraction of sp³-hybridized carbons (Fsp3) is 0.643. The molecule has 3 rings (SSSR count). The van der Waals surface area contributed by atoms with Crippen LogP contribution in [0.3, 0.4) is 0 Å². The van der Waals surface area contributed by atoms with Crippen molar-refractivity contribution in [2.75, 3.05) is 25.1 Å². The third-order valence-electron chi connectivity index (χ3n) is 4.14. The van der Waals surface area contributed by atoms with Crippen LogP contribution in [0, 0.1) is 0 Å². The summed E-state index contributed by atoms with van der Waals surface area (Å²) in [5.74, 6) is 0.854. The Hall–Kier alpha value is -2.10. The topological polar surface area (TPSA) is 64.7 Å². The van der Waals surface area contributed by atoms with Gasteiger partial charge in [0.1, 0.15) is 6.10 Å². The van der Waals surface area contributed by atoms with E-state index >= 15 is 0 Å². The van der Waals surface area contributed by atoms with Crippen LogP contribution in [0.5, 0.6) is 0 Å². The summed E-state index contributed by atoms with van der Waals surface area (Å²) < 4.78 is 45.1. The fourth-order valence-corrected chi connectivity index (χ4v) is 2.80. The summed E-state index contributed by atoms with van der Waals surface area (Å²) in [5, 5.41) is 4.42. The van der Waals surface area contributed by atoms with Crippen LogP contribution in [0.1, 0.15) is 31.7 Å². The Morgan fingerprint density at radius 3 is 2.79 bits per heavy atom. The van der Waals surface area contributed by atoms with Crippen LogP contribution >= 0.6 is 0 Å². The van der Waals surface area contributed by atoms with Gasteiger partial charge in [-0.2, -0.15) is 13.2 Å². The number of fused-ring (bicyclic) bond motifs is 2. The van der Waals surface area contributed by atoms with Crippen LogP contribution in [0.15, 0.2) is 11.0 Å². The van der Waals surface area contributed by atoms with E-state index in [2.05, 4.69) is 10.1 Å². The average Bonchev–Trinajstić information content (AvgIpc) is 3.11. The maximum Gasteiger partial charge on any atom is 0.389 e. The number of rotatable bonds is 5. The molecule has 3 heterocycles. The molecule has 0 radical (unpaired) electrons. The molecule has 0 N–H and O–H groups in total. The third-order valence-corrected chi connectivity index (χ3v) is 4.14. The molecule has 132 valence electrons. The number of ether oxygens (including phenoxy) is 1. The molecule has 10 heteroatoms. The third kappa shape index (κ3) is 2.97. The fourth-order valence-electron chi connectivity index (χ4n) is 2.80. The lowest BCUT2D eigenvalue weighted by Gasteiger charge is -2.18. The van der Waals surface area contributed by atoms with Crippen molar-refractivity contribution in [1.82, 2.24) is 19.2 Å². The van der Waals surface area contributed by atoms with Crippen LogP contribution in [0.2, 0.25) is 0 Å². The molecule has 7 nitrogen and oxygen atoms in total. The number of alkyl halides is 3. The van der Waals surface area contributed by atoms with Gasteiger partial charge in [-0.1, -0.05) is 0 Å². The zero-order chi connectivity index (χ0) is 17.5. The smallest absolute Gasteiger partial charge is 0.374 e. The highest BCUT2D eigenvalue weighted by Gasteiger charge is 2.29. The quantitative estimate of drug-likeness (QED) is 0.826. The molecule has 0 aromatic carbocycles. The number of imidazole rings is 1. The van der Waals surface area contributed by atoms with Crippen LogP contribution < -0.4 is 10.5 Å². The van der Waals surface area contributed by atoms with Gasteiger partial charge in [-0.15, -0.1) is 5.10 Å². The highest BCUT2D eigenvalue weighted by Crippen LogP contribution is 2.24. The van der Waals surface area contributed by atoms with Crippen LogP contribution in [0.4, 0.5) is 19.1 Å². The minimum absolute atomic E-state index is 0.0390. The van der Waals surface area contributed by atoms with E-state index < -0.39 is 12.6 Å². The minimum atomic E-state index is -4.18. The molecule has 2 aromatic heterocycles. The Labute approximate surface area is 135 Å². The monoisotopic (exact) mass is 345 g/mol.